The molecular formula is C19H25NO2. The molecule has 0 fully saturated rings. The second kappa shape index (κ2) is 8.44. The predicted octanol–water partition coefficient (Wildman–Crippen LogP) is 4.02. The molecule has 0 unspecified atom stereocenters. The number of ether oxygens (including phenoxy) is 2. The van der Waals surface area contributed by atoms with Crippen LogP contribution in [-0.2, 0) is 13.2 Å². The summed E-state index contributed by atoms with van der Waals surface area (Å²) in [6.45, 7) is 6.73. The molecule has 3 heteroatoms. The van der Waals surface area contributed by atoms with Gasteiger partial charge in [-0.15, -0.1) is 0 Å². The van der Waals surface area contributed by atoms with Crippen LogP contribution in [0.5, 0.6) is 11.5 Å². The van der Waals surface area contributed by atoms with Crippen molar-refractivity contribution in [1.82, 2.24) is 5.32 Å². The van der Waals surface area contributed by atoms with Gasteiger partial charge in [-0.1, -0.05) is 44.2 Å². The molecule has 0 aliphatic carbocycles. The molecule has 0 aliphatic heterocycles. The largest absolute Gasteiger partial charge is 0.497 e. The van der Waals surface area contributed by atoms with Crippen LogP contribution in [-0.4, -0.2) is 13.7 Å². The van der Waals surface area contributed by atoms with Gasteiger partial charge in [-0.05, 0) is 36.2 Å². The third-order valence-corrected chi connectivity index (χ3v) is 3.37. The van der Waals surface area contributed by atoms with Gasteiger partial charge in [0.2, 0.25) is 0 Å². The van der Waals surface area contributed by atoms with Crippen molar-refractivity contribution in [1.29, 1.82) is 0 Å². The molecule has 0 saturated carbocycles. The summed E-state index contributed by atoms with van der Waals surface area (Å²) in [5.74, 6) is 2.38. The van der Waals surface area contributed by atoms with Crippen LogP contribution < -0.4 is 14.8 Å². The first-order valence-electron chi connectivity index (χ1n) is 7.73. The Labute approximate surface area is 133 Å². The van der Waals surface area contributed by atoms with Gasteiger partial charge in [0.25, 0.3) is 0 Å². The van der Waals surface area contributed by atoms with Gasteiger partial charge in [-0.25, -0.2) is 0 Å². The van der Waals surface area contributed by atoms with E-state index in [0.29, 0.717) is 12.5 Å². The molecule has 0 aliphatic rings. The quantitative estimate of drug-likeness (QED) is 0.798. The Hall–Kier alpha value is -2.00. The average Bonchev–Trinajstić information content (AvgIpc) is 2.54. The highest BCUT2D eigenvalue weighted by Crippen LogP contribution is 2.25. The molecule has 1 N–H and O–H groups in total. The van der Waals surface area contributed by atoms with Gasteiger partial charge in [-0.2, -0.15) is 0 Å². The number of benzene rings is 2. The Bertz CT molecular complexity index is 567. The second-order valence-corrected chi connectivity index (χ2v) is 5.77. The Kier molecular flexibility index (Phi) is 6.28. The van der Waals surface area contributed by atoms with Crippen molar-refractivity contribution in [2.45, 2.75) is 27.0 Å². The first-order chi connectivity index (χ1) is 10.7. The summed E-state index contributed by atoms with van der Waals surface area (Å²) in [4.78, 5) is 0. The number of rotatable bonds is 8. The highest BCUT2D eigenvalue weighted by molar-refractivity contribution is 5.40. The molecule has 2 aromatic carbocycles. The SMILES string of the molecule is COc1ccc(OCc2ccccc2)c(CNCC(C)C)c1. The van der Waals surface area contributed by atoms with Crippen LogP contribution in [0.3, 0.4) is 0 Å². The van der Waals surface area contributed by atoms with Crippen LogP contribution in [0.4, 0.5) is 0 Å². The van der Waals surface area contributed by atoms with Crippen molar-refractivity contribution in [2.75, 3.05) is 13.7 Å². The lowest BCUT2D eigenvalue weighted by Gasteiger charge is -2.14. The lowest BCUT2D eigenvalue weighted by Crippen LogP contribution is -2.19. The van der Waals surface area contributed by atoms with E-state index >= 15 is 0 Å². The summed E-state index contributed by atoms with van der Waals surface area (Å²) in [6, 6.07) is 16.2. The van der Waals surface area contributed by atoms with Gasteiger partial charge >= 0.3 is 0 Å². The zero-order chi connectivity index (χ0) is 15.8. The highest BCUT2D eigenvalue weighted by Gasteiger charge is 2.07. The average molecular weight is 299 g/mol. The van der Waals surface area contributed by atoms with E-state index in [-0.39, 0.29) is 0 Å². The minimum Gasteiger partial charge on any atom is -0.497 e. The molecule has 0 spiro atoms. The van der Waals surface area contributed by atoms with E-state index in [4.69, 9.17) is 9.47 Å². The molecule has 0 atom stereocenters. The summed E-state index contributed by atoms with van der Waals surface area (Å²) >= 11 is 0. The fraction of sp³-hybridized carbons (Fsp3) is 0.368. The zero-order valence-corrected chi connectivity index (χ0v) is 13.6. The normalized spacial score (nSPS) is 10.7. The van der Waals surface area contributed by atoms with E-state index < -0.39 is 0 Å². The maximum atomic E-state index is 5.98. The molecule has 118 valence electrons. The summed E-state index contributed by atoms with van der Waals surface area (Å²) in [7, 11) is 1.69. The van der Waals surface area contributed by atoms with E-state index in [9.17, 15) is 0 Å². The van der Waals surface area contributed by atoms with Crippen LogP contribution in [0.15, 0.2) is 48.5 Å². The molecule has 0 heterocycles. The Balaban J connectivity index is 2.04. The fourth-order valence-electron chi connectivity index (χ4n) is 2.19. The first-order valence-corrected chi connectivity index (χ1v) is 7.73. The lowest BCUT2D eigenvalue weighted by molar-refractivity contribution is 0.301. The van der Waals surface area contributed by atoms with Gasteiger partial charge in [0, 0.05) is 12.1 Å². The lowest BCUT2D eigenvalue weighted by atomic mass is 10.1. The molecule has 0 saturated heterocycles. The number of hydrogen-bond acceptors (Lipinski definition) is 3. The zero-order valence-electron chi connectivity index (χ0n) is 13.6. The van der Waals surface area contributed by atoms with Crippen molar-refractivity contribution < 1.29 is 9.47 Å². The fourth-order valence-corrected chi connectivity index (χ4v) is 2.19. The van der Waals surface area contributed by atoms with Crippen molar-refractivity contribution in [3.8, 4) is 11.5 Å². The van der Waals surface area contributed by atoms with Crippen molar-refractivity contribution in [3.63, 3.8) is 0 Å². The topological polar surface area (TPSA) is 30.5 Å². The van der Waals surface area contributed by atoms with E-state index in [2.05, 4.69) is 31.3 Å². The summed E-state index contributed by atoms with van der Waals surface area (Å²) < 4.78 is 11.3. The maximum Gasteiger partial charge on any atom is 0.124 e. The molecule has 22 heavy (non-hydrogen) atoms. The minimum atomic E-state index is 0.574. The van der Waals surface area contributed by atoms with Crippen molar-refractivity contribution >= 4 is 0 Å². The third-order valence-electron chi connectivity index (χ3n) is 3.37. The highest BCUT2D eigenvalue weighted by atomic mass is 16.5. The number of nitrogens with one attached hydrogen (secondary N) is 1. The molecule has 0 radical (unpaired) electrons. The van der Waals surface area contributed by atoms with Gasteiger partial charge < -0.3 is 14.8 Å². The van der Waals surface area contributed by atoms with E-state index in [1.54, 1.807) is 7.11 Å². The van der Waals surface area contributed by atoms with Crippen LogP contribution in [0.1, 0.15) is 25.0 Å². The van der Waals surface area contributed by atoms with Crippen LogP contribution in [0.2, 0.25) is 0 Å². The molecule has 3 nitrogen and oxygen atoms in total. The van der Waals surface area contributed by atoms with E-state index in [1.165, 1.54) is 5.56 Å². The Morgan fingerprint density at radius 2 is 1.82 bits per heavy atom. The van der Waals surface area contributed by atoms with Gasteiger partial charge in [-0.3, -0.25) is 0 Å². The molecule has 2 rings (SSSR count). The summed E-state index contributed by atoms with van der Waals surface area (Å²) in [5, 5.41) is 3.46. The monoisotopic (exact) mass is 299 g/mol. The van der Waals surface area contributed by atoms with Crippen LogP contribution in [0, 0.1) is 5.92 Å². The van der Waals surface area contributed by atoms with Crippen LogP contribution in [0.25, 0.3) is 0 Å². The molecular weight excluding hydrogens is 274 g/mol. The maximum absolute atomic E-state index is 5.98. The molecule has 0 bridgehead atoms. The summed E-state index contributed by atoms with van der Waals surface area (Å²) in [5.41, 5.74) is 2.29. The third kappa shape index (κ3) is 5.08. The number of methoxy groups -OCH3 is 1. The van der Waals surface area contributed by atoms with Gasteiger partial charge in [0.05, 0.1) is 7.11 Å². The Morgan fingerprint density at radius 3 is 2.50 bits per heavy atom. The van der Waals surface area contributed by atoms with E-state index in [1.807, 2.05) is 36.4 Å². The van der Waals surface area contributed by atoms with E-state index in [0.717, 1.165) is 30.2 Å². The van der Waals surface area contributed by atoms with Crippen molar-refractivity contribution in [3.05, 3.63) is 59.7 Å². The molecule has 0 aromatic heterocycles. The first kappa shape index (κ1) is 16.4. The Morgan fingerprint density at radius 1 is 1.05 bits per heavy atom. The predicted molar refractivity (Wildman–Crippen MR) is 90.3 cm³/mol. The standard InChI is InChI=1S/C19H25NO2/c1-15(2)12-20-13-17-11-18(21-3)9-10-19(17)22-14-16-7-5-4-6-8-16/h4-11,15,20H,12-14H2,1-3H3. The van der Waals surface area contributed by atoms with Gasteiger partial charge in [0.1, 0.15) is 18.1 Å². The van der Waals surface area contributed by atoms with Crippen LogP contribution >= 0.6 is 0 Å². The van der Waals surface area contributed by atoms with Crippen molar-refractivity contribution in [2.24, 2.45) is 5.92 Å². The summed E-state index contributed by atoms with van der Waals surface area (Å²) in [6.07, 6.45) is 0. The smallest absolute Gasteiger partial charge is 0.124 e. The number of hydrogen-bond donors (Lipinski definition) is 1. The van der Waals surface area contributed by atoms with Gasteiger partial charge in [0.15, 0.2) is 0 Å². The molecule has 0 amide bonds. The molecule has 2 aromatic rings. The minimum absolute atomic E-state index is 0.574. The second-order valence-electron chi connectivity index (χ2n) is 5.77.